The second-order valence-electron chi connectivity index (χ2n) is 7.46. The molecule has 0 fully saturated rings. The van der Waals surface area contributed by atoms with Crippen LogP contribution in [-0.4, -0.2) is 25.6 Å². The number of benzene rings is 2. The van der Waals surface area contributed by atoms with E-state index in [4.69, 9.17) is 10.2 Å². The molecule has 176 valence electrons. The predicted molar refractivity (Wildman–Crippen MR) is 122 cm³/mol. The summed E-state index contributed by atoms with van der Waals surface area (Å²) < 4.78 is 45.7. The fraction of sp³-hybridized carbons (Fsp3) is 0.0435. The van der Waals surface area contributed by atoms with E-state index < -0.39 is 17.8 Å². The highest BCUT2D eigenvalue weighted by Crippen LogP contribution is 2.38. The van der Waals surface area contributed by atoms with Crippen LogP contribution < -0.4 is 16.4 Å². The molecule has 0 spiro atoms. The minimum absolute atomic E-state index is 0.0152. The summed E-state index contributed by atoms with van der Waals surface area (Å²) in [6.45, 7) is 0. The summed E-state index contributed by atoms with van der Waals surface area (Å²) in [5, 5.41) is 9.20. The van der Waals surface area contributed by atoms with Crippen molar-refractivity contribution in [3.8, 4) is 22.5 Å². The molecule has 0 bridgehead atoms. The number of rotatable bonds is 4. The number of nitrogen functional groups attached to an aromatic ring is 1. The number of aromatic nitrogens is 4. The Hall–Kier alpha value is -4.87. The number of amides is 2. The molecule has 9 nitrogen and oxygen atoms in total. The van der Waals surface area contributed by atoms with E-state index in [9.17, 15) is 18.0 Å². The Bertz CT molecular complexity index is 1510. The van der Waals surface area contributed by atoms with E-state index in [1.54, 1.807) is 41.2 Å². The first kappa shape index (κ1) is 21.9. The molecule has 3 aromatic heterocycles. The molecule has 0 saturated carbocycles. The fourth-order valence-electron chi connectivity index (χ4n) is 3.65. The maximum atomic E-state index is 12.9. The summed E-state index contributed by atoms with van der Waals surface area (Å²) in [7, 11) is 0. The summed E-state index contributed by atoms with van der Waals surface area (Å²) in [6.07, 6.45) is 1.46. The van der Waals surface area contributed by atoms with Gasteiger partial charge in [0.1, 0.15) is 11.8 Å². The lowest BCUT2D eigenvalue weighted by Gasteiger charge is -2.11. The summed E-state index contributed by atoms with van der Waals surface area (Å²) in [6, 6.07) is 10.5. The molecule has 0 radical (unpaired) electrons. The van der Waals surface area contributed by atoms with Crippen molar-refractivity contribution in [1.82, 2.24) is 19.6 Å². The number of carbonyl (C=O) groups is 1. The first-order valence-electron chi connectivity index (χ1n) is 10.2. The smallest absolute Gasteiger partial charge is 0.416 e. The fourth-order valence-corrected chi connectivity index (χ4v) is 3.65. The summed E-state index contributed by atoms with van der Waals surface area (Å²) in [5.74, 6) is 0.774. The molecule has 5 rings (SSSR count). The van der Waals surface area contributed by atoms with E-state index in [0.29, 0.717) is 28.1 Å². The van der Waals surface area contributed by atoms with Gasteiger partial charge in [-0.1, -0.05) is 18.2 Å². The van der Waals surface area contributed by atoms with Gasteiger partial charge in [0.2, 0.25) is 0 Å². The molecule has 12 heteroatoms. The van der Waals surface area contributed by atoms with Crippen LogP contribution in [-0.2, 0) is 6.18 Å². The molecule has 0 aliphatic rings. The van der Waals surface area contributed by atoms with Gasteiger partial charge in [-0.05, 0) is 35.9 Å². The molecule has 0 unspecified atom stereocenters. The number of nitrogens with zero attached hydrogens (tertiary/aromatic N) is 4. The van der Waals surface area contributed by atoms with Gasteiger partial charge in [0.25, 0.3) is 0 Å². The van der Waals surface area contributed by atoms with Crippen LogP contribution in [0.25, 0.3) is 28.0 Å². The normalized spacial score (nSPS) is 11.5. The zero-order valence-corrected chi connectivity index (χ0v) is 17.7. The SMILES string of the molecule is Nc1ncnn2cc(-c3cnco3)c(-c3ccc(NC(=O)Nc4cccc(C(F)(F)F)c4)cc3)c12. The molecule has 35 heavy (non-hydrogen) atoms. The number of nitrogens with two attached hydrogens (primary N) is 1. The molecule has 2 amide bonds. The van der Waals surface area contributed by atoms with Crippen molar-refractivity contribution in [3.05, 3.63) is 79.2 Å². The molecular formula is C23H16F3N7O2. The second kappa shape index (κ2) is 8.48. The van der Waals surface area contributed by atoms with Gasteiger partial charge >= 0.3 is 12.2 Å². The Morgan fingerprint density at radius 3 is 2.54 bits per heavy atom. The second-order valence-corrected chi connectivity index (χ2v) is 7.46. The van der Waals surface area contributed by atoms with Crippen LogP contribution >= 0.6 is 0 Å². The summed E-state index contributed by atoms with van der Waals surface area (Å²) in [4.78, 5) is 20.4. The molecule has 3 heterocycles. The molecule has 4 N–H and O–H groups in total. The minimum Gasteiger partial charge on any atom is -0.443 e. The quantitative estimate of drug-likeness (QED) is 0.322. The van der Waals surface area contributed by atoms with Crippen molar-refractivity contribution < 1.29 is 22.4 Å². The first-order chi connectivity index (χ1) is 16.8. The molecule has 2 aromatic carbocycles. The van der Waals surface area contributed by atoms with Gasteiger partial charge in [-0.2, -0.15) is 18.3 Å². The van der Waals surface area contributed by atoms with Crippen LogP contribution in [0.4, 0.5) is 35.2 Å². The standard InChI is InChI=1S/C23H16F3N7O2/c24-23(25,26)14-2-1-3-16(8-14)32-22(34)31-15-6-4-13(5-7-15)19-17(18-9-28-12-35-18)10-33-20(19)21(27)29-11-30-33/h1-12H,(H2,27,29,30)(H2,31,32,34). The number of hydrogen-bond acceptors (Lipinski definition) is 6. The van der Waals surface area contributed by atoms with E-state index in [1.807, 2.05) is 0 Å². The number of alkyl halides is 3. The molecule has 0 atom stereocenters. The highest BCUT2D eigenvalue weighted by molar-refractivity contribution is 6.01. The molecule has 5 aromatic rings. The number of halogens is 3. The van der Waals surface area contributed by atoms with Gasteiger partial charge < -0.3 is 20.8 Å². The molecule has 0 aliphatic heterocycles. The van der Waals surface area contributed by atoms with Gasteiger partial charge in [0.15, 0.2) is 18.0 Å². The van der Waals surface area contributed by atoms with Gasteiger partial charge in [-0.25, -0.2) is 19.3 Å². The highest BCUT2D eigenvalue weighted by atomic mass is 19.4. The average molecular weight is 479 g/mol. The van der Waals surface area contributed by atoms with Crippen molar-refractivity contribution in [2.75, 3.05) is 16.4 Å². The summed E-state index contributed by atoms with van der Waals surface area (Å²) >= 11 is 0. The van der Waals surface area contributed by atoms with Crippen LogP contribution in [0.15, 0.2) is 78.1 Å². The monoisotopic (exact) mass is 479 g/mol. The van der Waals surface area contributed by atoms with Crippen molar-refractivity contribution in [2.45, 2.75) is 6.18 Å². The van der Waals surface area contributed by atoms with Crippen molar-refractivity contribution in [3.63, 3.8) is 0 Å². The summed E-state index contributed by atoms with van der Waals surface area (Å²) in [5.41, 5.74) is 8.41. The number of urea groups is 1. The third-order valence-corrected chi connectivity index (χ3v) is 5.18. The molecule has 0 saturated heterocycles. The van der Waals surface area contributed by atoms with Crippen LogP contribution in [0, 0.1) is 0 Å². The zero-order valence-electron chi connectivity index (χ0n) is 17.7. The lowest BCUT2D eigenvalue weighted by Crippen LogP contribution is -2.19. The van der Waals surface area contributed by atoms with Crippen molar-refractivity contribution in [2.24, 2.45) is 0 Å². The number of nitrogens with one attached hydrogen (secondary N) is 2. The Kier molecular flexibility index (Phi) is 5.32. The third-order valence-electron chi connectivity index (χ3n) is 5.18. The Morgan fingerprint density at radius 1 is 1.06 bits per heavy atom. The third kappa shape index (κ3) is 4.36. The van der Waals surface area contributed by atoms with Crippen LogP contribution in [0.5, 0.6) is 0 Å². The predicted octanol–water partition coefficient (Wildman–Crippen LogP) is 5.30. The maximum Gasteiger partial charge on any atom is 0.416 e. The number of anilines is 3. The van der Waals surface area contributed by atoms with Gasteiger partial charge in [-0.3, -0.25) is 0 Å². The Balaban J connectivity index is 1.40. The van der Waals surface area contributed by atoms with E-state index in [1.165, 1.54) is 24.9 Å². The zero-order chi connectivity index (χ0) is 24.6. The van der Waals surface area contributed by atoms with E-state index in [2.05, 4.69) is 25.7 Å². The first-order valence-corrected chi connectivity index (χ1v) is 10.2. The minimum atomic E-state index is -4.51. The largest absolute Gasteiger partial charge is 0.443 e. The van der Waals surface area contributed by atoms with Gasteiger partial charge in [0.05, 0.1) is 11.8 Å². The number of carbonyl (C=O) groups excluding carboxylic acids is 1. The van der Waals surface area contributed by atoms with Crippen LogP contribution in [0.2, 0.25) is 0 Å². The van der Waals surface area contributed by atoms with E-state index in [0.717, 1.165) is 17.7 Å². The van der Waals surface area contributed by atoms with Crippen molar-refractivity contribution >= 4 is 28.7 Å². The van der Waals surface area contributed by atoms with Crippen LogP contribution in [0.1, 0.15) is 5.56 Å². The Morgan fingerprint density at radius 2 is 1.83 bits per heavy atom. The lowest BCUT2D eigenvalue weighted by molar-refractivity contribution is -0.137. The van der Waals surface area contributed by atoms with Gasteiger partial charge in [-0.15, -0.1) is 0 Å². The van der Waals surface area contributed by atoms with Crippen molar-refractivity contribution in [1.29, 1.82) is 0 Å². The molecule has 0 aliphatic carbocycles. The average Bonchev–Trinajstić information content (AvgIpc) is 3.48. The van der Waals surface area contributed by atoms with E-state index in [-0.39, 0.29) is 11.5 Å². The van der Waals surface area contributed by atoms with Crippen LogP contribution in [0.3, 0.4) is 0 Å². The highest BCUT2D eigenvalue weighted by Gasteiger charge is 2.30. The number of hydrogen-bond donors (Lipinski definition) is 3. The topological polar surface area (TPSA) is 123 Å². The maximum absolute atomic E-state index is 12.9. The van der Waals surface area contributed by atoms with Gasteiger partial charge in [0, 0.05) is 28.7 Å². The molecular weight excluding hydrogens is 463 g/mol. The number of oxazole rings is 1. The van der Waals surface area contributed by atoms with E-state index >= 15 is 0 Å². The Labute approximate surface area is 195 Å². The lowest BCUT2D eigenvalue weighted by atomic mass is 10.0. The number of fused-ring (bicyclic) bond motifs is 1.